The second-order valence-corrected chi connectivity index (χ2v) is 4.85. The van der Waals surface area contributed by atoms with Crippen molar-refractivity contribution < 1.29 is 0 Å². The van der Waals surface area contributed by atoms with Crippen molar-refractivity contribution >= 4 is 11.6 Å². The monoisotopic (exact) mass is 233 g/mol. The van der Waals surface area contributed by atoms with Crippen molar-refractivity contribution in [3.8, 4) is 0 Å². The number of hydrogen-bond donors (Lipinski definition) is 2. The quantitative estimate of drug-likeness (QED) is 0.745. The van der Waals surface area contributed by atoms with Crippen LogP contribution in [0.15, 0.2) is 6.33 Å². The van der Waals surface area contributed by atoms with Crippen LogP contribution in [0.1, 0.15) is 18.9 Å². The lowest BCUT2D eigenvalue weighted by molar-refractivity contribution is 0.579. The largest absolute Gasteiger partial charge is 0.367 e. The zero-order valence-electron chi connectivity index (χ0n) is 10.2. The molecule has 2 aliphatic heterocycles. The second kappa shape index (κ2) is 4.49. The maximum atomic E-state index is 4.49. The number of nitrogens with one attached hydrogen (secondary N) is 2. The van der Waals surface area contributed by atoms with Crippen LogP contribution < -0.4 is 15.5 Å². The summed E-state index contributed by atoms with van der Waals surface area (Å²) in [6.07, 6.45) is 3.93. The predicted octanol–water partition coefficient (Wildman–Crippen LogP) is 0.633. The third kappa shape index (κ3) is 2.07. The molecule has 2 aliphatic rings. The van der Waals surface area contributed by atoms with Crippen molar-refractivity contribution in [2.45, 2.75) is 25.8 Å². The van der Waals surface area contributed by atoms with Gasteiger partial charge in [0.15, 0.2) is 0 Å². The number of rotatable bonds is 1. The van der Waals surface area contributed by atoms with Crippen LogP contribution in [0.5, 0.6) is 0 Å². The van der Waals surface area contributed by atoms with Gasteiger partial charge < -0.3 is 15.5 Å². The van der Waals surface area contributed by atoms with E-state index in [1.807, 2.05) is 0 Å². The lowest BCUT2D eigenvalue weighted by atomic mass is 10.0. The summed E-state index contributed by atoms with van der Waals surface area (Å²) in [5.74, 6) is 2.17. The highest BCUT2D eigenvalue weighted by Gasteiger charge is 2.22. The Morgan fingerprint density at radius 1 is 1.29 bits per heavy atom. The standard InChI is InChI=1S/C12H19N5/c1-9-2-3-10-11(16-9)14-8-15-12(10)17-6-4-13-5-7-17/h8-9,13H,2-7H2,1H3,(H,14,15,16). The van der Waals surface area contributed by atoms with Gasteiger partial charge in [-0.15, -0.1) is 0 Å². The van der Waals surface area contributed by atoms with Crippen LogP contribution in [-0.2, 0) is 6.42 Å². The van der Waals surface area contributed by atoms with Gasteiger partial charge in [-0.25, -0.2) is 9.97 Å². The SMILES string of the molecule is CC1CCc2c(ncnc2N2CCNCC2)N1. The van der Waals surface area contributed by atoms with Crippen molar-refractivity contribution in [3.63, 3.8) is 0 Å². The van der Waals surface area contributed by atoms with Crippen molar-refractivity contribution in [3.05, 3.63) is 11.9 Å². The molecule has 3 heterocycles. The van der Waals surface area contributed by atoms with Gasteiger partial charge in [0.1, 0.15) is 18.0 Å². The van der Waals surface area contributed by atoms with Gasteiger partial charge in [-0.1, -0.05) is 0 Å². The molecule has 1 unspecified atom stereocenters. The molecule has 0 bridgehead atoms. The Balaban J connectivity index is 1.91. The molecule has 0 amide bonds. The van der Waals surface area contributed by atoms with E-state index in [0.717, 1.165) is 44.2 Å². The van der Waals surface area contributed by atoms with E-state index in [2.05, 4.69) is 32.4 Å². The first-order valence-corrected chi connectivity index (χ1v) is 6.40. The molecule has 2 N–H and O–H groups in total. The minimum Gasteiger partial charge on any atom is -0.367 e. The molecule has 1 saturated heterocycles. The Morgan fingerprint density at radius 3 is 2.94 bits per heavy atom. The molecule has 92 valence electrons. The Kier molecular flexibility index (Phi) is 2.84. The molecule has 5 heteroatoms. The van der Waals surface area contributed by atoms with Gasteiger partial charge >= 0.3 is 0 Å². The topological polar surface area (TPSA) is 53.1 Å². The van der Waals surface area contributed by atoms with E-state index >= 15 is 0 Å². The Bertz CT molecular complexity index is 400. The van der Waals surface area contributed by atoms with E-state index in [9.17, 15) is 0 Å². The molecule has 1 fully saturated rings. The molecule has 3 rings (SSSR count). The van der Waals surface area contributed by atoms with E-state index < -0.39 is 0 Å². The number of piperazine rings is 1. The van der Waals surface area contributed by atoms with Gasteiger partial charge in [0.25, 0.3) is 0 Å². The van der Waals surface area contributed by atoms with E-state index in [4.69, 9.17) is 0 Å². The summed E-state index contributed by atoms with van der Waals surface area (Å²) in [6, 6.07) is 0.522. The number of anilines is 2. The number of hydrogen-bond acceptors (Lipinski definition) is 5. The summed E-state index contributed by atoms with van der Waals surface area (Å²) in [6.45, 7) is 6.37. The first kappa shape index (κ1) is 10.8. The minimum absolute atomic E-state index is 0.522. The molecule has 0 saturated carbocycles. The second-order valence-electron chi connectivity index (χ2n) is 4.85. The van der Waals surface area contributed by atoms with Gasteiger partial charge in [0.2, 0.25) is 0 Å². The normalized spacial score (nSPS) is 24.1. The fraction of sp³-hybridized carbons (Fsp3) is 0.667. The van der Waals surface area contributed by atoms with E-state index in [1.54, 1.807) is 6.33 Å². The molecule has 0 aromatic carbocycles. The van der Waals surface area contributed by atoms with E-state index in [0.29, 0.717) is 6.04 Å². The van der Waals surface area contributed by atoms with Gasteiger partial charge in [-0.2, -0.15) is 0 Å². The van der Waals surface area contributed by atoms with Gasteiger partial charge in [-0.3, -0.25) is 0 Å². The van der Waals surface area contributed by atoms with E-state index in [1.165, 1.54) is 12.0 Å². The maximum Gasteiger partial charge on any atom is 0.137 e. The summed E-state index contributed by atoms with van der Waals surface area (Å²) < 4.78 is 0. The minimum atomic E-state index is 0.522. The highest BCUT2D eigenvalue weighted by Crippen LogP contribution is 2.29. The van der Waals surface area contributed by atoms with E-state index in [-0.39, 0.29) is 0 Å². The molecule has 1 aromatic rings. The van der Waals surface area contributed by atoms with Crippen LogP contribution in [0.2, 0.25) is 0 Å². The molecule has 0 radical (unpaired) electrons. The first-order chi connectivity index (χ1) is 8.34. The Hall–Kier alpha value is -1.36. The fourth-order valence-corrected chi connectivity index (χ4v) is 2.57. The highest BCUT2D eigenvalue weighted by atomic mass is 15.2. The summed E-state index contributed by atoms with van der Waals surface area (Å²) in [5.41, 5.74) is 1.30. The van der Waals surface area contributed by atoms with Gasteiger partial charge in [-0.05, 0) is 19.8 Å². The summed E-state index contributed by atoms with van der Waals surface area (Å²) in [7, 11) is 0. The molecule has 0 aliphatic carbocycles. The molecule has 1 aromatic heterocycles. The first-order valence-electron chi connectivity index (χ1n) is 6.40. The fourth-order valence-electron chi connectivity index (χ4n) is 2.57. The molecule has 0 spiro atoms. The van der Waals surface area contributed by atoms with Crippen LogP contribution in [0, 0.1) is 0 Å². The van der Waals surface area contributed by atoms with Crippen molar-refractivity contribution in [2.24, 2.45) is 0 Å². The Morgan fingerprint density at radius 2 is 2.12 bits per heavy atom. The summed E-state index contributed by atoms with van der Waals surface area (Å²) in [5, 5.41) is 6.82. The third-order valence-electron chi connectivity index (χ3n) is 3.55. The average Bonchev–Trinajstić information content (AvgIpc) is 2.39. The molecule has 5 nitrogen and oxygen atoms in total. The molecular formula is C12H19N5. The van der Waals surface area contributed by atoms with Crippen LogP contribution in [-0.4, -0.2) is 42.2 Å². The highest BCUT2D eigenvalue weighted by molar-refractivity contribution is 5.60. The Labute approximate surface area is 102 Å². The molecule has 1 atom stereocenters. The van der Waals surface area contributed by atoms with Crippen LogP contribution in [0.25, 0.3) is 0 Å². The average molecular weight is 233 g/mol. The zero-order valence-corrected chi connectivity index (χ0v) is 10.2. The summed E-state index contributed by atoms with van der Waals surface area (Å²) >= 11 is 0. The predicted molar refractivity (Wildman–Crippen MR) is 68.5 cm³/mol. The van der Waals surface area contributed by atoms with Crippen LogP contribution >= 0.6 is 0 Å². The summed E-state index contributed by atoms with van der Waals surface area (Å²) in [4.78, 5) is 11.2. The van der Waals surface area contributed by atoms with Crippen LogP contribution in [0.3, 0.4) is 0 Å². The maximum absolute atomic E-state index is 4.49. The molecule has 17 heavy (non-hydrogen) atoms. The lowest BCUT2D eigenvalue weighted by Crippen LogP contribution is -2.44. The number of fused-ring (bicyclic) bond motifs is 1. The van der Waals surface area contributed by atoms with Crippen molar-refractivity contribution in [1.82, 2.24) is 15.3 Å². The smallest absolute Gasteiger partial charge is 0.137 e. The van der Waals surface area contributed by atoms with Gasteiger partial charge in [0, 0.05) is 37.8 Å². The number of aromatic nitrogens is 2. The third-order valence-corrected chi connectivity index (χ3v) is 3.55. The van der Waals surface area contributed by atoms with Gasteiger partial charge in [0.05, 0.1) is 0 Å². The zero-order chi connectivity index (χ0) is 11.7. The van der Waals surface area contributed by atoms with Crippen LogP contribution in [0.4, 0.5) is 11.6 Å². The van der Waals surface area contributed by atoms with Crippen molar-refractivity contribution in [2.75, 3.05) is 36.4 Å². The molecular weight excluding hydrogens is 214 g/mol. The number of nitrogens with zero attached hydrogens (tertiary/aromatic N) is 3. The lowest BCUT2D eigenvalue weighted by Gasteiger charge is -2.32. The van der Waals surface area contributed by atoms with Crippen molar-refractivity contribution in [1.29, 1.82) is 0 Å².